The molecule has 2 amide bonds. The van der Waals surface area contributed by atoms with Crippen LogP contribution in [-0.2, 0) is 15.8 Å². The molecule has 0 N–H and O–H groups in total. The van der Waals surface area contributed by atoms with Crippen molar-refractivity contribution in [3.05, 3.63) is 29.8 Å². The summed E-state index contributed by atoms with van der Waals surface area (Å²) in [7, 11) is 0. The fourth-order valence-corrected chi connectivity index (χ4v) is 1.43. The summed E-state index contributed by atoms with van der Waals surface area (Å²) in [6, 6.07) is 4.14. The molecular weight excluding hydrogens is 249 g/mol. The summed E-state index contributed by atoms with van der Waals surface area (Å²) < 4.78 is 38.3. The fourth-order valence-electron chi connectivity index (χ4n) is 1.43. The first kappa shape index (κ1) is 12.2. The van der Waals surface area contributed by atoms with Crippen LogP contribution >= 0.6 is 0 Å². The molecule has 92 valence electrons. The zero-order valence-corrected chi connectivity index (χ0v) is 8.81. The predicted octanol–water partition coefficient (Wildman–Crippen LogP) is 1.56. The third-order valence-electron chi connectivity index (χ3n) is 2.26. The molecule has 1 aromatic rings. The smallest absolute Gasteiger partial charge is 0.255 e. The average molecular weight is 255 g/mol. The number of hydrogen-bond donors (Lipinski definition) is 0. The molecule has 1 aromatic carbocycles. The van der Waals surface area contributed by atoms with Gasteiger partial charge in [0, 0.05) is 12.1 Å². The predicted molar refractivity (Wildman–Crippen MR) is 55.9 cm³/mol. The highest BCUT2D eigenvalue weighted by atomic mass is 19.4. The first-order valence-electron chi connectivity index (χ1n) is 4.82. The van der Waals surface area contributed by atoms with Crippen LogP contribution in [0.2, 0.25) is 0 Å². The molecule has 0 bridgehead atoms. The van der Waals surface area contributed by atoms with Crippen LogP contribution in [0.5, 0.6) is 0 Å². The molecule has 0 spiro atoms. The normalized spacial score (nSPS) is 15.8. The maximum absolute atomic E-state index is 12.5. The third-order valence-corrected chi connectivity index (χ3v) is 2.26. The zero-order chi connectivity index (χ0) is 13.3. The number of benzene rings is 1. The molecule has 2 rings (SSSR count). The summed E-state index contributed by atoms with van der Waals surface area (Å²) in [5.41, 5.74) is -0.925. The van der Waals surface area contributed by atoms with E-state index in [-0.39, 0.29) is 5.69 Å². The lowest BCUT2D eigenvalue weighted by atomic mass is 10.2. The van der Waals surface area contributed by atoms with Crippen molar-refractivity contribution in [2.45, 2.75) is 6.18 Å². The van der Waals surface area contributed by atoms with E-state index in [2.05, 4.69) is 4.99 Å². The second kappa shape index (κ2) is 4.17. The van der Waals surface area contributed by atoms with Crippen LogP contribution in [0.1, 0.15) is 5.56 Å². The van der Waals surface area contributed by atoms with Gasteiger partial charge in [-0.1, -0.05) is 6.07 Å². The summed E-state index contributed by atoms with van der Waals surface area (Å²) in [6.07, 6.45) is -2.31. The van der Waals surface area contributed by atoms with Gasteiger partial charge in [0.15, 0.2) is 6.21 Å². The highest BCUT2D eigenvalue weighted by Gasteiger charge is 2.35. The lowest BCUT2D eigenvalue weighted by Gasteiger charge is -2.06. The molecule has 1 aliphatic heterocycles. The van der Waals surface area contributed by atoms with E-state index in [0.29, 0.717) is 0 Å². The van der Waals surface area contributed by atoms with Crippen LogP contribution in [0.3, 0.4) is 0 Å². The molecule has 4 nitrogen and oxygen atoms in total. The molecule has 0 saturated carbocycles. The molecule has 0 aliphatic carbocycles. The Kier molecular flexibility index (Phi) is 2.82. The molecule has 1 aliphatic rings. The third kappa shape index (κ3) is 2.20. The Morgan fingerprint density at radius 1 is 1.17 bits per heavy atom. The van der Waals surface area contributed by atoms with Crippen molar-refractivity contribution in [3.63, 3.8) is 0 Å². The Morgan fingerprint density at radius 3 is 2.56 bits per heavy atom. The minimum Gasteiger partial charge on any atom is -0.255 e. The van der Waals surface area contributed by atoms with Crippen LogP contribution in [0, 0.1) is 0 Å². The van der Waals surface area contributed by atoms with Gasteiger partial charge in [-0.05, 0) is 6.07 Å². The van der Waals surface area contributed by atoms with E-state index < -0.39 is 23.6 Å². The van der Waals surface area contributed by atoms with E-state index in [4.69, 9.17) is 0 Å². The monoisotopic (exact) mass is 255 g/mol. The summed E-state index contributed by atoms with van der Waals surface area (Å²) in [4.78, 5) is 25.7. The van der Waals surface area contributed by atoms with Crippen LogP contribution in [0.25, 0.3) is 0 Å². The van der Waals surface area contributed by atoms with Crippen LogP contribution < -0.4 is 0 Å². The van der Waals surface area contributed by atoms with Crippen molar-refractivity contribution in [2.75, 3.05) is 0 Å². The average Bonchev–Trinajstić information content (AvgIpc) is 2.32. The highest BCUT2D eigenvalue weighted by Crippen LogP contribution is 2.31. The summed E-state index contributed by atoms with van der Waals surface area (Å²) in [5, 5.41) is 0. The zero-order valence-electron chi connectivity index (χ0n) is 8.81. The number of nitrogens with zero attached hydrogens (tertiary/aromatic N) is 2. The standard InChI is InChI=1S/C11H6F3N2O2/c12-11(13,14)7-2-1-3-8(6-7)16-5-4-15-9(17)10(16)18/h1-6H/q+1. The minimum atomic E-state index is -4.51. The SMILES string of the molecule is O=C1N=CC=[N+](c2cccc(C(F)(F)F)c2)C1=O. The van der Waals surface area contributed by atoms with Gasteiger partial charge < -0.3 is 0 Å². The molecule has 1 heterocycles. The topological polar surface area (TPSA) is 49.5 Å². The number of aliphatic imine (C=N–C) groups is 1. The number of carbonyl (C=O) groups is 2. The molecule has 0 saturated heterocycles. The Morgan fingerprint density at radius 2 is 1.89 bits per heavy atom. The van der Waals surface area contributed by atoms with Crippen molar-refractivity contribution < 1.29 is 27.3 Å². The molecule has 0 unspecified atom stereocenters. The van der Waals surface area contributed by atoms with E-state index in [1.807, 2.05) is 0 Å². The van der Waals surface area contributed by atoms with Gasteiger partial charge >= 0.3 is 18.0 Å². The number of halogens is 3. The van der Waals surface area contributed by atoms with Gasteiger partial charge in [-0.25, -0.2) is 9.79 Å². The van der Waals surface area contributed by atoms with E-state index in [0.717, 1.165) is 35.2 Å². The number of carbonyl (C=O) groups excluding carboxylic acids is 2. The Hall–Kier alpha value is -2.31. The van der Waals surface area contributed by atoms with Gasteiger partial charge in [-0.15, -0.1) is 4.58 Å². The molecule has 0 fully saturated rings. The Bertz CT molecular complexity index is 588. The first-order chi connectivity index (χ1) is 8.39. The molecule has 18 heavy (non-hydrogen) atoms. The largest absolute Gasteiger partial charge is 0.485 e. The first-order valence-corrected chi connectivity index (χ1v) is 4.82. The van der Waals surface area contributed by atoms with E-state index in [9.17, 15) is 22.8 Å². The van der Waals surface area contributed by atoms with E-state index >= 15 is 0 Å². The van der Waals surface area contributed by atoms with Crippen molar-refractivity contribution in [1.82, 2.24) is 0 Å². The number of hydrogen-bond acceptors (Lipinski definition) is 2. The summed E-state index contributed by atoms with van der Waals surface area (Å²) >= 11 is 0. The lowest BCUT2D eigenvalue weighted by Crippen LogP contribution is -2.29. The lowest BCUT2D eigenvalue weighted by molar-refractivity contribution is -0.356. The highest BCUT2D eigenvalue weighted by molar-refractivity contribution is 6.39. The van der Waals surface area contributed by atoms with Gasteiger partial charge in [0.1, 0.15) is 0 Å². The van der Waals surface area contributed by atoms with Gasteiger partial charge in [0.2, 0.25) is 5.69 Å². The minimum absolute atomic E-state index is 0.0330. The van der Waals surface area contributed by atoms with Gasteiger partial charge in [-0.3, -0.25) is 4.79 Å². The fraction of sp³-hybridized carbons (Fsp3) is 0.0909. The quantitative estimate of drug-likeness (QED) is 0.564. The van der Waals surface area contributed by atoms with E-state index in [1.54, 1.807) is 0 Å². The maximum Gasteiger partial charge on any atom is 0.485 e. The van der Waals surface area contributed by atoms with Crippen LogP contribution in [0.4, 0.5) is 18.9 Å². The van der Waals surface area contributed by atoms with Crippen molar-refractivity contribution in [3.8, 4) is 0 Å². The van der Waals surface area contributed by atoms with Gasteiger partial charge in [0.05, 0.1) is 11.8 Å². The number of alkyl halides is 3. The van der Waals surface area contributed by atoms with Crippen molar-refractivity contribution in [2.24, 2.45) is 4.99 Å². The summed E-state index contributed by atoms with van der Waals surface area (Å²) in [5.74, 6) is -2.01. The molecule has 0 aromatic heterocycles. The molecule has 0 radical (unpaired) electrons. The molecule has 0 atom stereocenters. The Labute approximate surface area is 99.1 Å². The van der Waals surface area contributed by atoms with Crippen LogP contribution in [0.15, 0.2) is 29.3 Å². The maximum atomic E-state index is 12.5. The Balaban J connectivity index is 2.47. The second-order valence-corrected chi connectivity index (χ2v) is 3.46. The van der Waals surface area contributed by atoms with Crippen molar-refractivity contribution in [1.29, 1.82) is 0 Å². The van der Waals surface area contributed by atoms with Gasteiger partial charge in [0.25, 0.3) is 0 Å². The van der Waals surface area contributed by atoms with E-state index in [1.165, 1.54) is 6.07 Å². The molecule has 7 heteroatoms. The van der Waals surface area contributed by atoms with Gasteiger partial charge in [-0.2, -0.15) is 13.2 Å². The van der Waals surface area contributed by atoms with Crippen LogP contribution in [-0.4, -0.2) is 28.8 Å². The molecular formula is C11H6F3N2O2+. The summed E-state index contributed by atoms with van der Waals surface area (Å²) in [6.45, 7) is 0. The van der Waals surface area contributed by atoms with Crippen molar-refractivity contribution >= 4 is 29.9 Å². The number of rotatable bonds is 1. The number of amides is 2. The second-order valence-electron chi connectivity index (χ2n) is 3.46.